The second kappa shape index (κ2) is 4.21. The Hall–Kier alpha value is -0.0800. The van der Waals surface area contributed by atoms with E-state index in [2.05, 4.69) is 25.8 Å². The lowest BCUT2D eigenvalue weighted by Crippen LogP contribution is -2.64. The first kappa shape index (κ1) is 12.9. The van der Waals surface area contributed by atoms with Crippen LogP contribution in [0.3, 0.4) is 0 Å². The van der Waals surface area contributed by atoms with Crippen LogP contribution in [0.25, 0.3) is 0 Å². The Morgan fingerprint density at radius 2 is 1.56 bits per heavy atom. The van der Waals surface area contributed by atoms with Crippen molar-refractivity contribution in [3.63, 3.8) is 0 Å². The van der Waals surface area contributed by atoms with Gasteiger partial charge in [-0.2, -0.15) is 0 Å². The molecule has 2 N–H and O–H groups in total. The van der Waals surface area contributed by atoms with Gasteiger partial charge in [-0.25, -0.2) is 0 Å². The lowest BCUT2D eigenvalue weighted by atomic mass is 9.45. The van der Waals surface area contributed by atoms with Crippen LogP contribution in [0.1, 0.15) is 52.4 Å². The Kier molecular flexibility index (Phi) is 3.02. The highest BCUT2D eigenvalue weighted by atomic mass is 15.1. The molecule has 0 aromatic carbocycles. The average molecular weight is 250 g/mol. The Balaban J connectivity index is 1.81. The van der Waals surface area contributed by atoms with Crippen LogP contribution in [-0.2, 0) is 0 Å². The molecule has 2 heteroatoms. The molecule has 0 aliphatic heterocycles. The minimum absolute atomic E-state index is 0.00771. The minimum Gasteiger partial charge on any atom is -0.324 e. The van der Waals surface area contributed by atoms with Crippen molar-refractivity contribution in [2.75, 3.05) is 20.1 Å². The van der Waals surface area contributed by atoms with Crippen LogP contribution >= 0.6 is 0 Å². The molecule has 4 bridgehead atoms. The molecule has 0 spiro atoms. The third kappa shape index (κ3) is 1.92. The molecule has 4 saturated carbocycles. The predicted octanol–water partition coefficient (Wildman–Crippen LogP) is 2.87. The number of hydrogen-bond donors (Lipinski definition) is 1. The summed E-state index contributed by atoms with van der Waals surface area (Å²) in [6.07, 6.45) is 8.80. The van der Waals surface area contributed by atoms with Crippen LogP contribution in [0.4, 0.5) is 0 Å². The molecule has 2 nitrogen and oxygen atoms in total. The first-order valence-electron chi connectivity index (χ1n) is 7.91. The summed E-state index contributed by atoms with van der Waals surface area (Å²) in [6.45, 7) is 6.75. The maximum atomic E-state index is 6.85. The van der Waals surface area contributed by atoms with E-state index in [0.717, 1.165) is 30.8 Å². The van der Waals surface area contributed by atoms with Crippen LogP contribution in [0.2, 0.25) is 0 Å². The number of likely N-dealkylation sites (N-methyl/N-ethyl adjacent to an activating group) is 1. The Morgan fingerprint density at radius 1 is 1.11 bits per heavy atom. The summed E-state index contributed by atoms with van der Waals surface area (Å²) in [6, 6.07) is 0. The second-order valence-corrected chi connectivity index (χ2v) is 7.95. The molecule has 4 fully saturated rings. The molecule has 104 valence electrons. The maximum Gasteiger partial charge on any atom is 0.0312 e. The zero-order valence-electron chi connectivity index (χ0n) is 12.4. The van der Waals surface area contributed by atoms with Gasteiger partial charge in [0.25, 0.3) is 0 Å². The van der Waals surface area contributed by atoms with E-state index in [9.17, 15) is 0 Å². The molecule has 0 aromatic rings. The maximum absolute atomic E-state index is 6.85. The first-order valence-corrected chi connectivity index (χ1v) is 7.91. The highest BCUT2D eigenvalue weighted by Crippen LogP contribution is 2.63. The predicted molar refractivity (Wildman–Crippen MR) is 76.4 cm³/mol. The van der Waals surface area contributed by atoms with E-state index in [-0.39, 0.29) is 5.54 Å². The molecule has 18 heavy (non-hydrogen) atoms. The fourth-order valence-corrected chi connectivity index (χ4v) is 5.65. The lowest BCUT2D eigenvalue weighted by Gasteiger charge is -2.62. The van der Waals surface area contributed by atoms with Gasteiger partial charge in [0.1, 0.15) is 0 Å². The Bertz CT molecular complexity index is 286. The Labute approximate surface area is 112 Å². The van der Waals surface area contributed by atoms with Gasteiger partial charge < -0.3 is 10.6 Å². The zero-order valence-corrected chi connectivity index (χ0v) is 12.4. The van der Waals surface area contributed by atoms with E-state index in [1.807, 2.05) is 0 Å². The highest BCUT2D eigenvalue weighted by Gasteiger charge is 2.57. The van der Waals surface area contributed by atoms with Crippen molar-refractivity contribution in [2.24, 2.45) is 28.9 Å². The van der Waals surface area contributed by atoms with Gasteiger partial charge in [0, 0.05) is 12.1 Å². The van der Waals surface area contributed by atoms with Crippen molar-refractivity contribution in [3.05, 3.63) is 0 Å². The molecule has 0 aromatic heterocycles. The largest absolute Gasteiger partial charge is 0.324 e. The van der Waals surface area contributed by atoms with Crippen LogP contribution in [0.15, 0.2) is 0 Å². The van der Waals surface area contributed by atoms with Gasteiger partial charge in [-0.1, -0.05) is 6.92 Å². The second-order valence-electron chi connectivity index (χ2n) is 7.95. The molecule has 0 heterocycles. The summed E-state index contributed by atoms with van der Waals surface area (Å²) >= 11 is 0. The van der Waals surface area contributed by atoms with Gasteiger partial charge in [0.2, 0.25) is 0 Å². The normalized spacial score (nSPS) is 45.5. The van der Waals surface area contributed by atoms with E-state index in [1.54, 1.807) is 0 Å². The topological polar surface area (TPSA) is 29.3 Å². The van der Waals surface area contributed by atoms with E-state index < -0.39 is 0 Å². The van der Waals surface area contributed by atoms with Gasteiger partial charge in [0.15, 0.2) is 0 Å². The van der Waals surface area contributed by atoms with E-state index in [4.69, 9.17) is 5.73 Å². The monoisotopic (exact) mass is 250 g/mol. The fraction of sp³-hybridized carbons (Fsp3) is 1.00. The van der Waals surface area contributed by atoms with Crippen LogP contribution < -0.4 is 5.73 Å². The van der Waals surface area contributed by atoms with Crippen LogP contribution in [0, 0.1) is 23.2 Å². The number of nitrogens with zero attached hydrogens (tertiary/aromatic N) is 1. The first-order chi connectivity index (χ1) is 8.44. The molecule has 1 atom stereocenters. The minimum atomic E-state index is 0.00771. The van der Waals surface area contributed by atoms with Crippen molar-refractivity contribution in [1.29, 1.82) is 0 Å². The smallest absolute Gasteiger partial charge is 0.0312 e. The molecule has 0 radical (unpaired) electrons. The molecule has 0 saturated heterocycles. The molecule has 4 rings (SSSR count). The van der Waals surface area contributed by atoms with E-state index in [1.165, 1.54) is 38.5 Å². The molecular formula is C16H30N2. The van der Waals surface area contributed by atoms with Crippen molar-refractivity contribution in [2.45, 2.75) is 57.9 Å². The summed E-state index contributed by atoms with van der Waals surface area (Å²) in [5.41, 5.74) is 7.32. The van der Waals surface area contributed by atoms with Crippen molar-refractivity contribution in [1.82, 2.24) is 4.90 Å². The number of nitrogens with two attached hydrogens (primary N) is 1. The Morgan fingerprint density at radius 3 is 1.94 bits per heavy atom. The van der Waals surface area contributed by atoms with Crippen LogP contribution in [-0.4, -0.2) is 30.6 Å². The van der Waals surface area contributed by atoms with Gasteiger partial charge >= 0.3 is 0 Å². The van der Waals surface area contributed by atoms with Crippen molar-refractivity contribution in [3.8, 4) is 0 Å². The SMILES string of the molecule is CCN(C)CC(C)(N)C12CC3CC(CC(C3)C1)C2. The zero-order chi connectivity index (χ0) is 13.0. The third-order valence-corrected chi connectivity index (χ3v) is 6.39. The van der Waals surface area contributed by atoms with Gasteiger partial charge in [-0.15, -0.1) is 0 Å². The van der Waals surface area contributed by atoms with Crippen LogP contribution in [0.5, 0.6) is 0 Å². The summed E-state index contributed by atoms with van der Waals surface area (Å²) in [4.78, 5) is 2.40. The van der Waals surface area contributed by atoms with Crippen molar-refractivity contribution < 1.29 is 0 Å². The summed E-state index contributed by atoms with van der Waals surface area (Å²) < 4.78 is 0. The summed E-state index contributed by atoms with van der Waals surface area (Å²) in [5.74, 6) is 3.02. The third-order valence-electron chi connectivity index (χ3n) is 6.39. The van der Waals surface area contributed by atoms with E-state index in [0.29, 0.717) is 5.41 Å². The standard InChI is InChI=1S/C16H30N2/c1-4-18(3)11-15(2,17)16-8-12-5-13(9-16)7-14(6-12)10-16/h12-14H,4-11,17H2,1-3H3. The van der Waals surface area contributed by atoms with Gasteiger partial charge in [-0.05, 0) is 82.2 Å². The molecule has 4 aliphatic rings. The van der Waals surface area contributed by atoms with Crippen molar-refractivity contribution >= 4 is 0 Å². The summed E-state index contributed by atoms with van der Waals surface area (Å²) in [7, 11) is 2.21. The van der Waals surface area contributed by atoms with Gasteiger partial charge in [-0.3, -0.25) is 0 Å². The lowest BCUT2D eigenvalue weighted by molar-refractivity contribution is -0.0981. The van der Waals surface area contributed by atoms with E-state index >= 15 is 0 Å². The van der Waals surface area contributed by atoms with Gasteiger partial charge in [0.05, 0.1) is 0 Å². The number of rotatable bonds is 4. The average Bonchev–Trinajstić information content (AvgIpc) is 2.26. The molecule has 4 aliphatic carbocycles. The molecule has 0 amide bonds. The quantitative estimate of drug-likeness (QED) is 0.831. The highest BCUT2D eigenvalue weighted by molar-refractivity contribution is 5.11. The summed E-state index contributed by atoms with van der Waals surface area (Å²) in [5, 5.41) is 0. The number of hydrogen-bond acceptors (Lipinski definition) is 2. The fourth-order valence-electron chi connectivity index (χ4n) is 5.65. The molecule has 1 unspecified atom stereocenters. The molecular weight excluding hydrogens is 220 g/mol.